The van der Waals surface area contributed by atoms with E-state index in [0.717, 1.165) is 19.2 Å². The highest BCUT2D eigenvalue weighted by molar-refractivity contribution is 6.04. The molecule has 1 aliphatic rings. The minimum Gasteiger partial charge on any atom is -0.322 e. The number of carbonyl (C=O) groups excluding carboxylic acids is 1. The van der Waals surface area contributed by atoms with Gasteiger partial charge in [-0.05, 0) is 41.8 Å². The molecule has 0 bridgehead atoms. The molecule has 0 atom stereocenters. The van der Waals surface area contributed by atoms with Crippen LogP contribution in [0.1, 0.15) is 32.7 Å². The molecule has 1 aromatic carbocycles. The van der Waals surface area contributed by atoms with E-state index in [-0.39, 0.29) is 23.4 Å². The lowest BCUT2D eigenvalue weighted by atomic mass is 10.0. The molecule has 4 heterocycles. The number of rotatable bonds is 4. The molecule has 2 N–H and O–H groups in total. The smallest absolute Gasteiger partial charge is 0.322 e. The summed E-state index contributed by atoms with van der Waals surface area (Å²) in [6, 6.07) is 8.97. The first-order valence-electron chi connectivity index (χ1n) is 11.6. The molecule has 3 aromatic heterocycles. The molecule has 8 nitrogen and oxygen atoms in total. The molecule has 11 heteroatoms. The number of piperazine rings is 1. The number of nitrogens with zero attached hydrogens (tertiary/aromatic N) is 5. The Labute approximate surface area is 210 Å². The van der Waals surface area contributed by atoms with Crippen molar-refractivity contribution in [3.05, 3.63) is 89.1 Å². The first kappa shape index (κ1) is 24.4. The zero-order valence-corrected chi connectivity index (χ0v) is 19.6. The Hall–Kier alpha value is -4.27. The maximum Gasteiger partial charge on any atom is 0.416 e. The van der Waals surface area contributed by atoms with Crippen molar-refractivity contribution in [1.29, 1.82) is 0 Å². The normalized spacial score (nSPS) is 14.2. The Balaban J connectivity index is 1.33. The lowest BCUT2D eigenvalue weighted by Crippen LogP contribution is -2.43. The minimum absolute atomic E-state index is 0.0506. The fourth-order valence-corrected chi connectivity index (χ4v) is 4.05. The second-order valence-corrected chi connectivity index (χ2v) is 8.50. The van der Waals surface area contributed by atoms with Crippen LogP contribution in [0.5, 0.6) is 0 Å². The van der Waals surface area contributed by atoms with E-state index in [1.807, 2.05) is 4.90 Å². The molecule has 0 spiro atoms. The Morgan fingerprint density at radius 2 is 1.92 bits per heavy atom. The van der Waals surface area contributed by atoms with Crippen molar-refractivity contribution in [2.24, 2.45) is 0 Å². The Morgan fingerprint density at radius 3 is 2.73 bits per heavy atom. The van der Waals surface area contributed by atoms with Gasteiger partial charge < -0.3 is 10.6 Å². The van der Waals surface area contributed by atoms with Gasteiger partial charge in [-0.2, -0.15) is 18.3 Å². The van der Waals surface area contributed by atoms with Crippen molar-refractivity contribution in [3.63, 3.8) is 0 Å². The second kappa shape index (κ2) is 10.4. The van der Waals surface area contributed by atoms with Crippen LogP contribution in [0.2, 0.25) is 0 Å². The molecule has 37 heavy (non-hydrogen) atoms. The van der Waals surface area contributed by atoms with E-state index >= 15 is 0 Å². The van der Waals surface area contributed by atoms with Gasteiger partial charge in [-0.25, -0.2) is 9.50 Å². The number of amides is 1. The third kappa shape index (κ3) is 5.77. The van der Waals surface area contributed by atoms with Crippen molar-refractivity contribution in [1.82, 2.24) is 29.8 Å². The summed E-state index contributed by atoms with van der Waals surface area (Å²) < 4.78 is 43.0. The van der Waals surface area contributed by atoms with Crippen LogP contribution < -0.4 is 10.6 Å². The fraction of sp³-hybridized carbons (Fsp3) is 0.231. The summed E-state index contributed by atoms with van der Waals surface area (Å²) in [4.78, 5) is 23.1. The number of carbonyl (C=O) groups is 1. The van der Waals surface area contributed by atoms with Crippen molar-refractivity contribution >= 4 is 17.2 Å². The molecule has 0 radical (unpaired) electrons. The summed E-state index contributed by atoms with van der Waals surface area (Å²) in [6.45, 7) is 3.02. The SMILES string of the molecule is O=C(Nc1ccc(CN2CCNCC2)c(C(F)(F)F)c1)c1cncc(C#Cc2cnc3cccnn23)c1. The molecule has 1 aliphatic heterocycles. The molecule has 0 unspecified atom stereocenters. The van der Waals surface area contributed by atoms with Crippen LogP contribution in [-0.2, 0) is 12.7 Å². The van der Waals surface area contributed by atoms with Crippen LogP contribution in [0, 0.1) is 11.8 Å². The fourth-order valence-electron chi connectivity index (χ4n) is 4.05. The number of nitrogens with one attached hydrogen (secondary N) is 2. The quantitative estimate of drug-likeness (QED) is 0.415. The second-order valence-electron chi connectivity index (χ2n) is 8.50. The van der Waals surface area contributed by atoms with E-state index in [2.05, 4.69) is 37.5 Å². The lowest BCUT2D eigenvalue weighted by molar-refractivity contribution is -0.138. The highest BCUT2D eigenvalue weighted by Gasteiger charge is 2.34. The summed E-state index contributed by atoms with van der Waals surface area (Å²) in [6.07, 6.45) is 1.48. The number of benzene rings is 1. The molecule has 0 aliphatic carbocycles. The number of fused-ring (bicyclic) bond motifs is 1. The van der Waals surface area contributed by atoms with Crippen LogP contribution in [0.4, 0.5) is 18.9 Å². The van der Waals surface area contributed by atoms with Gasteiger partial charge in [0.05, 0.1) is 17.3 Å². The average molecular weight is 506 g/mol. The zero-order chi connectivity index (χ0) is 25.8. The lowest BCUT2D eigenvalue weighted by Gasteiger charge is -2.28. The third-order valence-corrected chi connectivity index (χ3v) is 5.89. The van der Waals surface area contributed by atoms with E-state index in [0.29, 0.717) is 30.0 Å². The average Bonchev–Trinajstić information content (AvgIpc) is 3.31. The molecule has 1 fully saturated rings. The van der Waals surface area contributed by atoms with E-state index in [4.69, 9.17) is 0 Å². The topological polar surface area (TPSA) is 87.5 Å². The van der Waals surface area contributed by atoms with E-state index in [1.165, 1.54) is 30.6 Å². The predicted molar refractivity (Wildman–Crippen MR) is 131 cm³/mol. The largest absolute Gasteiger partial charge is 0.416 e. The van der Waals surface area contributed by atoms with Gasteiger partial charge in [0.15, 0.2) is 5.65 Å². The molecular formula is C26H22F3N7O. The van der Waals surface area contributed by atoms with Gasteiger partial charge in [0, 0.05) is 62.6 Å². The number of hydrogen-bond acceptors (Lipinski definition) is 6. The third-order valence-electron chi connectivity index (χ3n) is 5.89. The highest BCUT2D eigenvalue weighted by atomic mass is 19.4. The van der Waals surface area contributed by atoms with Gasteiger partial charge >= 0.3 is 6.18 Å². The summed E-state index contributed by atoms with van der Waals surface area (Å²) in [5.74, 6) is 5.28. The molecule has 188 valence electrons. The molecule has 1 saturated heterocycles. The number of imidazole rings is 1. The highest BCUT2D eigenvalue weighted by Crippen LogP contribution is 2.34. The van der Waals surface area contributed by atoms with Gasteiger partial charge in [0.2, 0.25) is 0 Å². The van der Waals surface area contributed by atoms with E-state index in [9.17, 15) is 18.0 Å². The predicted octanol–water partition coefficient (Wildman–Crippen LogP) is 3.20. The zero-order valence-electron chi connectivity index (χ0n) is 19.6. The Kier molecular flexibility index (Phi) is 6.85. The maximum absolute atomic E-state index is 13.8. The van der Waals surface area contributed by atoms with Gasteiger partial charge in [0.1, 0.15) is 5.69 Å². The Morgan fingerprint density at radius 1 is 1.08 bits per heavy atom. The van der Waals surface area contributed by atoms with Crippen LogP contribution >= 0.6 is 0 Å². The van der Waals surface area contributed by atoms with E-state index in [1.54, 1.807) is 29.0 Å². The van der Waals surface area contributed by atoms with Crippen LogP contribution in [-0.4, -0.2) is 56.6 Å². The molecular weight excluding hydrogens is 483 g/mol. The molecule has 4 aromatic rings. The minimum atomic E-state index is -4.55. The van der Waals surface area contributed by atoms with E-state index < -0.39 is 17.6 Å². The van der Waals surface area contributed by atoms with Crippen molar-refractivity contribution in [3.8, 4) is 11.8 Å². The first-order chi connectivity index (χ1) is 17.9. The van der Waals surface area contributed by atoms with Gasteiger partial charge in [0.25, 0.3) is 5.91 Å². The summed E-state index contributed by atoms with van der Waals surface area (Å²) >= 11 is 0. The number of halogens is 3. The number of aromatic nitrogens is 4. The summed E-state index contributed by atoms with van der Waals surface area (Å²) in [5, 5.41) is 9.93. The summed E-state index contributed by atoms with van der Waals surface area (Å²) in [7, 11) is 0. The monoisotopic (exact) mass is 505 g/mol. The van der Waals surface area contributed by atoms with Gasteiger partial charge in [-0.3, -0.25) is 14.7 Å². The molecule has 5 rings (SSSR count). The standard InChI is InChI=1S/C26H22F3N7O/c27-26(28,29)23-13-21(5-4-19(23)17-35-10-8-30-9-11-35)34-25(37)20-12-18(14-31-15-20)3-6-22-16-32-24-2-1-7-33-36(22)24/h1-2,4-5,7,12-16,30H,8-11,17H2,(H,34,37). The summed E-state index contributed by atoms with van der Waals surface area (Å²) in [5.41, 5.74) is 1.30. The van der Waals surface area contributed by atoms with Crippen molar-refractivity contribution in [2.75, 3.05) is 31.5 Å². The molecule has 0 saturated carbocycles. The Bertz CT molecular complexity index is 1500. The molecule has 1 amide bonds. The van der Waals surface area contributed by atoms with Crippen LogP contribution in [0.3, 0.4) is 0 Å². The first-order valence-corrected chi connectivity index (χ1v) is 11.6. The van der Waals surface area contributed by atoms with Gasteiger partial charge in [-0.1, -0.05) is 12.0 Å². The number of hydrogen-bond donors (Lipinski definition) is 2. The van der Waals surface area contributed by atoms with Crippen LogP contribution in [0.25, 0.3) is 5.65 Å². The van der Waals surface area contributed by atoms with Gasteiger partial charge in [-0.15, -0.1) is 0 Å². The number of anilines is 1. The van der Waals surface area contributed by atoms with Crippen molar-refractivity contribution in [2.45, 2.75) is 12.7 Å². The number of pyridine rings is 1. The number of alkyl halides is 3. The maximum atomic E-state index is 13.8. The van der Waals surface area contributed by atoms with Crippen LogP contribution in [0.15, 0.2) is 61.2 Å². The van der Waals surface area contributed by atoms with Crippen molar-refractivity contribution < 1.29 is 18.0 Å².